The predicted molar refractivity (Wildman–Crippen MR) is 108 cm³/mol. The van der Waals surface area contributed by atoms with Gasteiger partial charge in [0.2, 0.25) is 0 Å². The van der Waals surface area contributed by atoms with Gasteiger partial charge in [0.05, 0.1) is 0 Å². The summed E-state index contributed by atoms with van der Waals surface area (Å²) in [5.74, 6) is -0.386. The number of amides is 1. The molecule has 0 radical (unpaired) electrons. The van der Waals surface area contributed by atoms with Crippen LogP contribution in [0.3, 0.4) is 0 Å². The maximum absolute atomic E-state index is 12.5. The maximum Gasteiger partial charge on any atom is 0.274 e. The quantitative estimate of drug-likeness (QED) is 0.636. The molecule has 2 aromatic carbocycles. The van der Waals surface area contributed by atoms with Gasteiger partial charge < -0.3 is 10.6 Å². The second-order valence-corrected chi connectivity index (χ2v) is 6.44. The van der Waals surface area contributed by atoms with Crippen molar-refractivity contribution in [3.63, 3.8) is 0 Å². The second-order valence-electron chi connectivity index (χ2n) is 6.44. The Kier molecular flexibility index (Phi) is 5.31. The summed E-state index contributed by atoms with van der Waals surface area (Å²) in [5, 5.41) is 6.07. The van der Waals surface area contributed by atoms with E-state index in [9.17, 15) is 9.59 Å². The topological polar surface area (TPSA) is 71.1 Å². The van der Waals surface area contributed by atoms with Crippen molar-refractivity contribution in [1.29, 1.82) is 0 Å². The number of aryl methyl sites for hydroxylation is 2. The van der Waals surface area contributed by atoms with Crippen LogP contribution in [0, 0.1) is 13.8 Å². The molecule has 3 rings (SSSR count). The SMILES string of the molecule is CC(=O)c1cccc(NC(=O)c2cc(Nc3ccc(C)c(C)c3)ccn2)c1. The van der Waals surface area contributed by atoms with Crippen molar-refractivity contribution in [2.75, 3.05) is 10.6 Å². The molecule has 136 valence electrons. The molecular formula is C22H21N3O2. The standard InChI is InChI=1S/C22H21N3O2/c1-14-7-8-19(11-15(14)2)24-20-9-10-23-21(13-20)22(27)25-18-6-4-5-17(12-18)16(3)26/h4-13H,1-3H3,(H,23,24)(H,25,27). The number of pyridine rings is 1. The highest BCUT2D eigenvalue weighted by atomic mass is 16.2. The van der Waals surface area contributed by atoms with Crippen LogP contribution in [0.25, 0.3) is 0 Å². The molecule has 0 bridgehead atoms. The van der Waals surface area contributed by atoms with Gasteiger partial charge in [-0.15, -0.1) is 0 Å². The minimum Gasteiger partial charge on any atom is -0.355 e. The Morgan fingerprint density at radius 3 is 2.37 bits per heavy atom. The van der Waals surface area contributed by atoms with Crippen LogP contribution in [0.15, 0.2) is 60.8 Å². The van der Waals surface area contributed by atoms with Crippen molar-refractivity contribution in [2.24, 2.45) is 0 Å². The third kappa shape index (κ3) is 4.58. The van der Waals surface area contributed by atoms with Gasteiger partial charge in [-0.2, -0.15) is 0 Å². The van der Waals surface area contributed by atoms with E-state index in [2.05, 4.69) is 41.6 Å². The number of nitrogens with zero attached hydrogens (tertiary/aromatic N) is 1. The number of benzene rings is 2. The van der Waals surface area contributed by atoms with Crippen LogP contribution < -0.4 is 10.6 Å². The van der Waals surface area contributed by atoms with Crippen LogP contribution in [0.1, 0.15) is 38.9 Å². The molecule has 0 atom stereocenters. The molecule has 0 aliphatic rings. The largest absolute Gasteiger partial charge is 0.355 e. The highest BCUT2D eigenvalue weighted by Crippen LogP contribution is 2.20. The number of carbonyl (C=O) groups is 2. The van der Waals surface area contributed by atoms with E-state index in [4.69, 9.17) is 0 Å². The first kappa shape index (κ1) is 18.3. The Hall–Kier alpha value is -3.47. The van der Waals surface area contributed by atoms with E-state index in [1.165, 1.54) is 18.1 Å². The monoisotopic (exact) mass is 359 g/mol. The lowest BCUT2D eigenvalue weighted by atomic mass is 10.1. The van der Waals surface area contributed by atoms with Gasteiger partial charge in [0.15, 0.2) is 5.78 Å². The van der Waals surface area contributed by atoms with Gasteiger partial charge in [0.1, 0.15) is 5.69 Å². The van der Waals surface area contributed by atoms with Crippen LogP contribution in [-0.2, 0) is 0 Å². The van der Waals surface area contributed by atoms with Crippen LogP contribution in [-0.4, -0.2) is 16.7 Å². The van der Waals surface area contributed by atoms with E-state index in [0.717, 1.165) is 11.4 Å². The predicted octanol–water partition coefficient (Wildman–Crippen LogP) is 4.90. The van der Waals surface area contributed by atoms with Crippen molar-refractivity contribution in [2.45, 2.75) is 20.8 Å². The molecule has 0 unspecified atom stereocenters. The zero-order chi connectivity index (χ0) is 19.4. The molecule has 1 heterocycles. The summed E-state index contributed by atoms with van der Waals surface area (Å²) in [6.45, 7) is 5.61. The van der Waals surface area contributed by atoms with Crippen LogP contribution >= 0.6 is 0 Å². The van der Waals surface area contributed by atoms with E-state index in [1.54, 1.807) is 36.5 Å². The average Bonchev–Trinajstić information content (AvgIpc) is 2.65. The molecule has 5 heteroatoms. The summed E-state index contributed by atoms with van der Waals surface area (Å²) in [7, 11) is 0. The number of rotatable bonds is 5. The molecule has 3 aromatic rings. The zero-order valence-corrected chi connectivity index (χ0v) is 15.5. The molecule has 1 aromatic heterocycles. The van der Waals surface area contributed by atoms with Gasteiger partial charge in [-0.1, -0.05) is 18.2 Å². The number of Topliss-reactive ketones (excluding diaryl/α,β-unsaturated/α-hetero) is 1. The van der Waals surface area contributed by atoms with E-state index in [0.29, 0.717) is 11.3 Å². The highest BCUT2D eigenvalue weighted by Gasteiger charge is 2.10. The van der Waals surface area contributed by atoms with Crippen molar-refractivity contribution >= 4 is 28.8 Å². The molecule has 0 fully saturated rings. The fraction of sp³-hybridized carbons (Fsp3) is 0.136. The number of anilines is 3. The van der Waals surface area contributed by atoms with Crippen LogP contribution in [0.2, 0.25) is 0 Å². The number of nitrogens with one attached hydrogen (secondary N) is 2. The lowest BCUT2D eigenvalue weighted by Crippen LogP contribution is -2.14. The van der Waals surface area contributed by atoms with Gasteiger partial charge in [-0.05, 0) is 68.3 Å². The summed E-state index contributed by atoms with van der Waals surface area (Å²) in [6, 6.07) is 16.4. The molecule has 27 heavy (non-hydrogen) atoms. The summed E-state index contributed by atoms with van der Waals surface area (Å²) in [5.41, 5.74) is 5.53. The molecule has 1 amide bonds. The first-order valence-corrected chi connectivity index (χ1v) is 8.65. The Bertz CT molecular complexity index is 1010. The second kappa shape index (κ2) is 7.83. The van der Waals surface area contributed by atoms with Gasteiger partial charge in [-0.25, -0.2) is 0 Å². The van der Waals surface area contributed by atoms with E-state index >= 15 is 0 Å². The first-order valence-electron chi connectivity index (χ1n) is 8.65. The maximum atomic E-state index is 12.5. The summed E-state index contributed by atoms with van der Waals surface area (Å²) >= 11 is 0. The third-order valence-corrected chi connectivity index (χ3v) is 4.32. The normalized spacial score (nSPS) is 10.3. The van der Waals surface area contributed by atoms with Gasteiger partial charge in [-0.3, -0.25) is 14.6 Å². The zero-order valence-electron chi connectivity index (χ0n) is 15.5. The molecule has 0 aliphatic heterocycles. The summed E-state index contributed by atoms with van der Waals surface area (Å²) < 4.78 is 0. The smallest absolute Gasteiger partial charge is 0.274 e. The Labute approximate surface area is 158 Å². The molecule has 0 saturated carbocycles. The number of ketones is 1. The van der Waals surface area contributed by atoms with Crippen molar-refractivity contribution < 1.29 is 9.59 Å². The van der Waals surface area contributed by atoms with Gasteiger partial charge in [0, 0.05) is 28.8 Å². The van der Waals surface area contributed by atoms with Crippen LogP contribution in [0.5, 0.6) is 0 Å². The fourth-order valence-corrected chi connectivity index (χ4v) is 2.63. The molecule has 2 N–H and O–H groups in total. The Morgan fingerprint density at radius 1 is 0.852 bits per heavy atom. The lowest BCUT2D eigenvalue weighted by molar-refractivity contribution is 0.100. The molecular weight excluding hydrogens is 338 g/mol. The number of carbonyl (C=O) groups excluding carboxylic acids is 2. The van der Waals surface area contributed by atoms with Crippen molar-refractivity contribution in [1.82, 2.24) is 4.98 Å². The average molecular weight is 359 g/mol. The lowest BCUT2D eigenvalue weighted by Gasteiger charge is -2.10. The first-order chi connectivity index (χ1) is 12.9. The fourth-order valence-electron chi connectivity index (χ4n) is 2.63. The highest BCUT2D eigenvalue weighted by molar-refractivity contribution is 6.04. The summed E-state index contributed by atoms with van der Waals surface area (Å²) in [4.78, 5) is 28.1. The van der Waals surface area contributed by atoms with Gasteiger partial charge >= 0.3 is 0 Å². The Morgan fingerprint density at radius 2 is 1.63 bits per heavy atom. The number of hydrogen-bond acceptors (Lipinski definition) is 4. The Balaban J connectivity index is 1.76. The van der Waals surface area contributed by atoms with Crippen molar-refractivity contribution in [3.05, 3.63) is 83.2 Å². The molecule has 0 aliphatic carbocycles. The minimum absolute atomic E-state index is 0.0520. The van der Waals surface area contributed by atoms with Crippen molar-refractivity contribution in [3.8, 4) is 0 Å². The van der Waals surface area contributed by atoms with Gasteiger partial charge in [0.25, 0.3) is 5.91 Å². The number of aromatic nitrogens is 1. The number of hydrogen-bond donors (Lipinski definition) is 2. The molecule has 0 saturated heterocycles. The third-order valence-electron chi connectivity index (χ3n) is 4.32. The molecule has 5 nitrogen and oxygen atoms in total. The van der Waals surface area contributed by atoms with E-state index < -0.39 is 0 Å². The van der Waals surface area contributed by atoms with E-state index in [1.807, 2.05) is 12.1 Å². The van der Waals surface area contributed by atoms with Crippen LogP contribution in [0.4, 0.5) is 17.1 Å². The molecule has 0 spiro atoms. The minimum atomic E-state index is -0.334. The van der Waals surface area contributed by atoms with E-state index in [-0.39, 0.29) is 17.4 Å². The summed E-state index contributed by atoms with van der Waals surface area (Å²) in [6.07, 6.45) is 1.59.